The highest BCUT2D eigenvalue weighted by Crippen LogP contribution is 2.15. The summed E-state index contributed by atoms with van der Waals surface area (Å²) in [6.07, 6.45) is 1.60. The van der Waals surface area contributed by atoms with E-state index < -0.39 is 0 Å². The Morgan fingerprint density at radius 3 is 2.47 bits per heavy atom. The summed E-state index contributed by atoms with van der Waals surface area (Å²) in [7, 11) is 3.36. The Balaban J connectivity index is 2.39. The van der Waals surface area contributed by atoms with E-state index in [1.165, 1.54) is 4.90 Å². The van der Waals surface area contributed by atoms with Crippen LogP contribution in [0.1, 0.15) is 10.6 Å². The lowest BCUT2D eigenvalue weighted by molar-refractivity contribution is 0.0816. The van der Waals surface area contributed by atoms with Crippen molar-refractivity contribution in [1.82, 2.24) is 14.9 Å². The Bertz CT molecular complexity index is 523. The SMILES string of the molecule is CN(C)C(=O)c1nccc(-c2ccccc2)n1. The predicted molar refractivity (Wildman–Crippen MR) is 65.5 cm³/mol. The van der Waals surface area contributed by atoms with Gasteiger partial charge in [-0.2, -0.15) is 0 Å². The maximum Gasteiger partial charge on any atom is 0.291 e. The van der Waals surface area contributed by atoms with Crippen LogP contribution in [0.3, 0.4) is 0 Å². The molecule has 2 rings (SSSR count). The summed E-state index contributed by atoms with van der Waals surface area (Å²) in [5.74, 6) is 0.0270. The van der Waals surface area contributed by atoms with Crippen molar-refractivity contribution in [2.24, 2.45) is 0 Å². The van der Waals surface area contributed by atoms with Crippen LogP contribution in [0.2, 0.25) is 0 Å². The molecular weight excluding hydrogens is 214 g/mol. The molecule has 0 saturated carbocycles. The first-order valence-electron chi connectivity index (χ1n) is 5.28. The maximum atomic E-state index is 11.7. The van der Waals surface area contributed by atoms with Gasteiger partial charge in [0.2, 0.25) is 5.82 Å². The molecule has 1 heterocycles. The molecule has 1 aromatic carbocycles. The highest BCUT2D eigenvalue weighted by Gasteiger charge is 2.12. The second kappa shape index (κ2) is 4.74. The minimum absolute atomic E-state index is 0.192. The number of amides is 1. The molecule has 0 aliphatic rings. The lowest BCUT2D eigenvalue weighted by Gasteiger charge is -2.09. The van der Waals surface area contributed by atoms with Gasteiger partial charge in [-0.1, -0.05) is 30.3 Å². The second-order valence-electron chi connectivity index (χ2n) is 3.83. The molecule has 0 bridgehead atoms. The first-order chi connectivity index (χ1) is 8.18. The van der Waals surface area contributed by atoms with Crippen LogP contribution in [-0.4, -0.2) is 34.9 Å². The summed E-state index contributed by atoms with van der Waals surface area (Å²) >= 11 is 0. The molecule has 2 aromatic rings. The van der Waals surface area contributed by atoms with E-state index in [4.69, 9.17) is 0 Å². The van der Waals surface area contributed by atoms with Gasteiger partial charge in [0, 0.05) is 25.9 Å². The van der Waals surface area contributed by atoms with Gasteiger partial charge in [-0.25, -0.2) is 9.97 Å². The van der Waals surface area contributed by atoms with Crippen molar-refractivity contribution in [3.63, 3.8) is 0 Å². The number of benzene rings is 1. The van der Waals surface area contributed by atoms with Crippen LogP contribution >= 0.6 is 0 Å². The Labute approximate surface area is 99.9 Å². The third-order valence-corrected chi connectivity index (χ3v) is 2.32. The molecule has 4 nitrogen and oxygen atoms in total. The van der Waals surface area contributed by atoms with Gasteiger partial charge in [0.05, 0.1) is 5.69 Å². The molecule has 0 radical (unpaired) electrons. The van der Waals surface area contributed by atoms with Crippen LogP contribution in [0, 0.1) is 0 Å². The Hall–Kier alpha value is -2.23. The van der Waals surface area contributed by atoms with Gasteiger partial charge in [0.1, 0.15) is 0 Å². The molecule has 0 aliphatic carbocycles. The fourth-order valence-electron chi connectivity index (χ4n) is 1.43. The molecule has 0 spiro atoms. The zero-order valence-electron chi connectivity index (χ0n) is 9.79. The fourth-order valence-corrected chi connectivity index (χ4v) is 1.43. The molecule has 1 aromatic heterocycles. The van der Waals surface area contributed by atoms with Crippen molar-refractivity contribution in [1.29, 1.82) is 0 Å². The Morgan fingerprint density at radius 1 is 1.12 bits per heavy atom. The molecule has 4 heteroatoms. The van der Waals surface area contributed by atoms with E-state index in [-0.39, 0.29) is 11.7 Å². The zero-order chi connectivity index (χ0) is 12.3. The molecule has 0 unspecified atom stereocenters. The number of hydrogen-bond acceptors (Lipinski definition) is 3. The van der Waals surface area contributed by atoms with Crippen molar-refractivity contribution in [2.75, 3.05) is 14.1 Å². The lowest BCUT2D eigenvalue weighted by atomic mass is 10.1. The Morgan fingerprint density at radius 2 is 1.82 bits per heavy atom. The Kier molecular flexibility index (Phi) is 3.14. The van der Waals surface area contributed by atoms with E-state index in [2.05, 4.69) is 9.97 Å². The first-order valence-corrected chi connectivity index (χ1v) is 5.28. The monoisotopic (exact) mass is 227 g/mol. The average molecular weight is 227 g/mol. The number of nitrogens with zero attached hydrogens (tertiary/aromatic N) is 3. The van der Waals surface area contributed by atoms with Crippen molar-refractivity contribution in [3.8, 4) is 11.3 Å². The maximum absolute atomic E-state index is 11.7. The summed E-state index contributed by atoms with van der Waals surface area (Å²) < 4.78 is 0. The molecule has 0 aliphatic heterocycles. The average Bonchev–Trinajstić information content (AvgIpc) is 2.39. The first kappa shape index (κ1) is 11.3. The van der Waals surface area contributed by atoms with Gasteiger partial charge in [-0.15, -0.1) is 0 Å². The molecule has 0 atom stereocenters. The molecule has 0 N–H and O–H groups in total. The summed E-state index contributed by atoms with van der Waals surface area (Å²) in [6, 6.07) is 11.5. The standard InChI is InChI=1S/C13H13N3O/c1-16(2)13(17)12-14-9-8-11(15-12)10-6-4-3-5-7-10/h3-9H,1-2H3. The zero-order valence-corrected chi connectivity index (χ0v) is 9.79. The summed E-state index contributed by atoms with van der Waals surface area (Å²) in [4.78, 5) is 21.4. The third-order valence-electron chi connectivity index (χ3n) is 2.32. The van der Waals surface area contributed by atoms with E-state index in [0.29, 0.717) is 0 Å². The summed E-state index contributed by atoms with van der Waals surface area (Å²) in [6.45, 7) is 0. The van der Waals surface area contributed by atoms with E-state index in [9.17, 15) is 4.79 Å². The predicted octanol–water partition coefficient (Wildman–Crippen LogP) is 1.85. The summed E-state index contributed by atoms with van der Waals surface area (Å²) in [5.41, 5.74) is 1.73. The van der Waals surface area contributed by atoms with Gasteiger partial charge < -0.3 is 4.90 Å². The molecular formula is C13H13N3O. The van der Waals surface area contributed by atoms with Gasteiger partial charge in [0.15, 0.2) is 0 Å². The second-order valence-corrected chi connectivity index (χ2v) is 3.83. The number of carbonyl (C=O) groups is 1. The molecule has 0 saturated heterocycles. The summed E-state index contributed by atoms with van der Waals surface area (Å²) in [5, 5.41) is 0. The van der Waals surface area contributed by atoms with Crippen LogP contribution in [0.5, 0.6) is 0 Å². The number of carbonyl (C=O) groups excluding carboxylic acids is 1. The highest BCUT2D eigenvalue weighted by atomic mass is 16.2. The van der Waals surface area contributed by atoms with E-state index in [1.54, 1.807) is 26.4 Å². The van der Waals surface area contributed by atoms with Crippen LogP contribution in [-0.2, 0) is 0 Å². The highest BCUT2D eigenvalue weighted by molar-refractivity contribution is 5.90. The van der Waals surface area contributed by atoms with E-state index in [0.717, 1.165) is 11.3 Å². The van der Waals surface area contributed by atoms with Crippen LogP contribution < -0.4 is 0 Å². The van der Waals surface area contributed by atoms with Gasteiger partial charge in [-0.05, 0) is 6.07 Å². The molecule has 17 heavy (non-hydrogen) atoms. The smallest absolute Gasteiger partial charge is 0.291 e. The van der Waals surface area contributed by atoms with Crippen molar-refractivity contribution >= 4 is 5.91 Å². The van der Waals surface area contributed by atoms with Crippen molar-refractivity contribution < 1.29 is 4.79 Å². The minimum Gasteiger partial charge on any atom is -0.342 e. The number of aromatic nitrogens is 2. The fraction of sp³-hybridized carbons (Fsp3) is 0.154. The van der Waals surface area contributed by atoms with Crippen LogP contribution in [0.15, 0.2) is 42.6 Å². The van der Waals surface area contributed by atoms with Crippen LogP contribution in [0.25, 0.3) is 11.3 Å². The van der Waals surface area contributed by atoms with E-state index >= 15 is 0 Å². The van der Waals surface area contributed by atoms with Crippen LogP contribution in [0.4, 0.5) is 0 Å². The number of rotatable bonds is 2. The van der Waals surface area contributed by atoms with E-state index in [1.807, 2.05) is 30.3 Å². The topological polar surface area (TPSA) is 46.1 Å². The largest absolute Gasteiger partial charge is 0.342 e. The normalized spacial score (nSPS) is 10.0. The number of hydrogen-bond donors (Lipinski definition) is 0. The van der Waals surface area contributed by atoms with Crippen molar-refractivity contribution in [2.45, 2.75) is 0 Å². The lowest BCUT2D eigenvalue weighted by Crippen LogP contribution is -2.24. The molecule has 86 valence electrons. The third kappa shape index (κ3) is 2.47. The quantitative estimate of drug-likeness (QED) is 0.786. The molecule has 0 fully saturated rings. The van der Waals surface area contributed by atoms with Gasteiger partial charge in [-0.3, -0.25) is 4.79 Å². The van der Waals surface area contributed by atoms with Crippen molar-refractivity contribution in [3.05, 3.63) is 48.4 Å². The van der Waals surface area contributed by atoms with Gasteiger partial charge in [0.25, 0.3) is 5.91 Å². The van der Waals surface area contributed by atoms with Gasteiger partial charge >= 0.3 is 0 Å². The minimum atomic E-state index is -0.192. The molecule has 1 amide bonds.